The summed E-state index contributed by atoms with van der Waals surface area (Å²) in [7, 11) is 0. The fourth-order valence-corrected chi connectivity index (χ4v) is 0.200. The van der Waals surface area contributed by atoms with E-state index in [0.717, 1.165) is 0 Å². The predicted molar refractivity (Wildman–Crippen MR) is 28.5 cm³/mol. The molecule has 0 rings (SSSR count). The van der Waals surface area contributed by atoms with Crippen molar-refractivity contribution in [3.63, 3.8) is 0 Å². The van der Waals surface area contributed by atoms with E-state index in [-0.39, 0.29) is 0 Å². The molecule has 0 saturated heterocycles. The molecule has 0 aliphatic rings. The van der Waals surface area contributed by atoms with Crippen LogP contribution < -0.4 is 0 Å². The van der Waals surface area contributed by atoms with Crippen LogP contribution >= 0.6 is 0 Å². The molecule has 0 aliphatic heterocycles. The highest BCUT2D eigenvalue weighted by Crippen LogP contribution is 2.21. The Morgan fingerprint density at radius 3 is 1.13 bits per heavy atom. The minimum atomic E-state index is -5.62. The van der Waals surface area contributed by atoms with Crippen molar-refractivity contribution in [1.82, 2.24) is 0 Å². The fourth-order valence-electron chi connectivity index (χ4n) is 0.200. The molecule has 0 unspecified atom stereocenters. The summed E-state index contributed by atoms with van der Waals surface area (Å²) in [5.74, 6) is -6.40. The summed E-state index contributed by atoms with van der Waals surface area (Å²) in [4.78, 5) is 19.3. The molecule has 0 spiro atoms. The lowest BCUT2D eigenvalue weighted by Crippen LogP contribution is -2.34. The second-order valence-corrected chi connectivity index (χ2v) is 1.67. The molecule has 0 saturated carbocycles. The molecule has 15 heavy (non-hydrogen) atoms. The number of alkyl halides is 6. The minimum Gasteiger partial charge on any atom is -0.380 e. The number of carbonyl (C=O) groups is 2. The van der Waals surface area contributed by atoms with Crippen LogP contribution in [0, 0.1) is 0 Å². The van der Waals surface area contributed by atoms with Crippen LogP contribution in [0.2, 0.25) is 0 Å². The molecule has 2 N–H and O–H groups in total. The summed E-state index contributed by atoms with van der Waals surface area (Å²) in [6, 6.07) is 0. The van der Waals surface area contributed by atoms with Crippen LogP contribution in [-0.2, 0) is 14.3 Å². The molecular weight excluding hydrogens is 242 g/mol. The smallest absolute Gasteiger partial charge is 0.380 e. The van der Waals surface area contributed by atoms with Gasteiger partial charge in [-0.15, -0.1) is 0 Å². The Morgan fingerprint density at radius 2 is 1.00 bits per heavy atom. The van der Waals surface area contributed by atoms with Gasteiger partial charge in [-0.05, 0) is 0 Å². The van der Waals surface area contributed by atoms with E-state index in [9.17, 15) is 35.9 Å². The van der Waals surface area contributed by atoms with Crippen molar-refractivity contribution in [2.24, 2.45) is 0 Å². The van der Waals surface area contributed by atoms with E-state index in [1.54, 1.807) is 0 Å². The highest BCUT2D eigenvalue weighted by Gasteiger charge is 2.49. The number of rotatable bonds is 0. The van der Waals surface area contributed by atoms with Gasteiger partial charge in [0.2, 0.25) is 0 Å². The van der Waals surface area contributed by atoms with Crippen molar-refractivity contribution in [3.05, 3.63) is 0 Å². The van der Waals surface area contributed by atoms with Gasteiger partial charge in [-0.3, -0.25) is 10.5 Å². The lowest BCUT2D eigenvalue weighted by molar-refractivity contribution is -0.221. The molecule has 0 aromatic rings. The van der Waals surface area contributed by atoms with Gasteiger partial charge in [-0.2, -0.15) is 26.3 Å². The zero-order valence-corrected chi connectivity index (χ0v) is 6.39. The molecule has 0 aromatic heterocycles. The van der Waals surface area contributed by atoms with Gasteiger partial charge in [0, 0.05) is 0 Å². The van der Waals surface area contributed by atoms with E-state index in [0.29, 0.717) is 0 Å². The Bertz CT molecular complexity index is 205. The van der Waals surface area contributed by atoms with Crippen LogP contribution in [0.25, 0.3) is 0 Å². The first-order valence-corrected chi connectivity index (χ1v) is 2.65. The number of hydrogen-bond acceptors (Lipinski definition) is 5. The first-order valence-electron chi connectivity index (χ1n) is 2.65. The monoisotopic (exact) mass is 244 g/mol. The molecule has 0 radical (unpaired) electrons. The summed E-state index contributed by atoms with van der Waals surface area (Å²) in [5, 5.41) is 12.0. The summed E-state index contributed by atoms with van der Waals surface area (Å²) in [5.41, 5.74) is 0. The lowest BCUT2D eigenvalue weighted by atomic mass is 10.6. The average Bonchev–Trinajstić information content (AvgIpc) is 2.04. The molecule has 0 amide bonds. The molecule has 0 heterocycles. The third-order valence-corrected chi connectivity index (χ3v) is 0.648. The van der Waals surface area contributed by atoms with Crippen molar-refractivity contribution in [2.75, 3.05) is 0 Å². The van der Waals surface area contributed by atoms with Crippen LogP contribution in [0.1, 0.15) is 0 Å². The van der Waals surface area contributed by atoms with Gasteiger partial charge >= 0.3 is 24.3 Å². The minimum absolute atomic E-state index is 2.45. The Morgan fingerprint density at radius 1 is 0.800 bits per heavy atom. The van der Waals surface area contributed by atoms with E-state index in [2.05, 4.69) is 4.74 Å². The number of ether oxygens (including phenoxy) is 1. The van der Waals surface area contributed by atoms with Gasteiger partial charge in [-0.25, -0.2) is 9.59 Å². The standard InChI is InChI=1S/C4F6O3.H2O2/c5-3(6,7)1(11)13-2(12)4(8,9)10;1-2/h;1-2H. The number of esters is 2. The highest BCUT2D eigenvalue weighted by molar-refractivity contribution is 5.90. The molecule has 5 nitrogen and oxygen atoms in total. The average molecular weight is 244 g/mol. The van der Waals surface area contributed by atoms with Crippen molar-refractivity contribution in [3.8, 4) is 0 Å². The van der Waals surface area contributed by atoms with Crippen LogP contribution in [0.15, 0.2) is 0 Å². The fraction of sp³-hybridized carbons (Fsp3) is 0.500. The number of hydrogen-bond donors (Lipinski definition) is 2. The van der Waals surface area contributed by atoms with E-state index >= 15 is 0 Å². The summed E-state index contributed by atoms with van der Waals surface area (Å²) in [6.07, 6.45) is -11.2. The Balaban J connectivity index is 0. The van der Waals surface area contributed by atoms with Crippen LogP contribution in [-0.4, -0.2) is 34.8 Å². The molecule has 0 fully saturated rings. The largest absolute Gasteiger partial charge is 0.491 e. The van der Waals surface area contributed by atoms with Crippen molar-refractivity contribution in [2.45, 2.75) is 12.4 Å². The molecule has 0 atom stereocenters. The van der Waals surface area contributed by atoms with Crippen LogP contribution in [0.3, 0.4) is 0 Å². The maximum atomic E-state index is 11.2. The normalized spacial score (nSPS) is 11.2. The maximum Gasteiger partial charge on any atom is 0.491 e. The first kappa shape index (κ1) is 16.1. The van der Waals surface area contributed by atoms with Gasteiger partial charge < -0.3 is 4.74 Å². The second kappa shape index (κ2) is 5.50. The van der Waals surface area contributed by atoms with Crippen LogP contribution in [0.5, 0.6) is 0 Å². The Hall–Kier alpha value is -1.36. The third-order valence-electron chi connectivity index (χ3n) is 0.648. The summed E-state index contributed by atoms with van der Waals surface area (Å²) in [6.45, 7) is 0. The Kier molecular flexibility index (Phi) is 5.90. The topological polar surface area (TPSA) is 83.8 Å². The van der Waals surface area contributed by atoms with Gasteiger partial charge in [0.1, 0.15) is 0 Å². The van der Waals surface area contributed by atoms with Gasteiger partial charge in [0.05, 0.1) is 0 Å². The molecule has 0 aromatic carbocycles. The van der Waals surface area contributed by atoms with Gasteiger partial charge in [0.15, 0.2) is 0 Å². The number of halogens is 6. The highest BCUT2D eigenvalue weighted by atomic mass is 19.4. The zero-order valence-electron chi connectivity index (χ0n) is 6.39. The van der Waals surface area contributed by atoms with E-state index < -0.39 is 24.3 Å². The number of carbonyl (C=O) groups excluding carboxylic acids is 2. The van der Waals surface area contributed by atoms with E-state index in [1.807, 2.05) is 0 Å². The SMILES string of the molecule is O=C(OC(=O)C(F)(F)F)C(F)(F)F.OO. The molecule has 0 bridgehead atoms. The quantitative estimate of drug-likeness (QED) is 0.220. The molecule has 90 valence electrons. The van der Waals surface area contributed by atoms with Crippen molar-refractivity contribution < 1.29 is 51.2 Å². The first-order chi connectivity index (χ1) is 6.55. The molecule has 11 heteroatoms. The zero-order chi connectivity index (χ0) is 12.9. The molecular formula is C4H2F6O5. The van der Waals surface area contributed by atoms with Crippen LogP contribution in [0.4, 0.5) is 26.3 Å². The maximum absolute atomic E-state index is 11.2. The van der Waals surface area contributed by atoms with E-state index in [1.165, 1.54) is 0 Å². The summed E-state index contributed by atoms with van der Waals surface area (Å²) < 4.78 is 69.7. The Labute approximate surface area is 76.8 Å². The van der Waals surface area contributed by atoms with Crippen molar-refractivity contribution >= 4 is 11.9 Å². The second-order valence-electron chi connectivity index (χ2n) is 1.67. The summed E-state index contributed by atoms with van der Waals surface area (Å²) >= 11 is 0. The lowest BCUT2D eigenvalue weighted by Gasteiger charge is -2.06. The molecule has 0 aliphatic carbocycles. The van der Waals surface area contributed by atoms with Gasteiger partial charge in [0.25, 0.3) is 0 Å². The van der Waals surface area contributed by atoms with E-state index in [4.69, 9.17) is 10.5 Å². The van der Waals surface area contributed by atoms with Gasteiger partial charge in [-0.1, -0.05) is 0 Å². The van der Waals surface area contributed by atoms with Crippen molar-refractivity contribution in [1.29, 1.82) is 0 Å². The third kappa shape index (κ3) is 6.68. The predicted octanol–water partition coefficient (Wildman–Crippen LogP) is 1.20.